The standard InChI is InChI=1S/C35H44N6O9S/c1-34(2,3)50-33(46)38-26-10-8-6-4-5-7-9-22-19-35(22,32(45)40-51(47,48)24-12-13-24)39-29(42)28-18-23(20-41(28)30(26)43)49-31(44)21-11-14-25-27(17-21)37-16-15-36-25/h7,9,11,14-17,22-24,26,28H,4-6,8,10,12-13,18-20H2,1-3H3,(H,38,46)(H,39,42)(H,40,45)/t22-,23-,26+,28+,35-/m1/s1. The lowest BCUT2D eigenvalue weighted by Crippen LogP contribution is -2.58. The van der Waals surface area contributed by atoms with E-state index in [1.807, 2.05) is 12.2 Å². The van der Waals surface area contributed by atoms with E-state index in [1.54, 1.807) is 32.9 Å². The van der Waals surface area contributed by atoms with Gasteiger partial charge in [-0.15, -0.1) is 0 Å². The number of rotatable bonds is 6. The molecule has 1 saturated heterocycles. The Kier molecular flexibility index (Phi) is 10.1. The van der Waals surface area contributed by atoms with Gasteiger partial charge < -0.3 is 25.0 Å². The minimum absolute atomic E-state index is 0.103. The third-order valence-corrected chi connectivity index (χ3v) is 11.3. The third kappa shape index (κ3) is 8.48. The highest BCUT2D eigenvalue weighted by Gasteiger charge is 2.62. The monoisotopic (exact) mass is 724 g/mol. The van der Waals surface area contributed by atoms with Crippen molar-refractivity contribution in [3.8, 4) is 0 Å². The van der Waals surface area contributed by atoms with Crippen LogP contribution in [0.2, 0.25) is 0 Å². The SMILES string of the molecule is CC(C)(C)OC(=O)N[C@H]1CCCCCC=C[C@@H]2C[C@@]2(C(=O)NS(=O)(=O)C2CC2)NC(=O)[C@@H]2C[C@@H](OC(=O)c3ccc4nccnc4c3)CN2C1=O. The second kappa shape index (κ2) is 14.2. The fourth-order valence-electron chi connectivity index (χ4n) is 6.61. The van der Waals surface area contributed by atoms with Crippen LogP contribution in [-0.4, -0.2) is 94.2 Å². The van der Waals surface area contributed by atoms with Crippen molar-refractivity contribution in [1.29, 1.82) is 0 Å². The molecule has 2 aliphatic heterocycles. The fraction of sp³-hybridized carbons (Fsp3) is 0.571. The van der Waals surface area contributed by atoms with Crippen LogP contribution in [0.3, 0.4) is 0 Å². The minimum Gasteiger partial charge on any atom is -0.457 e. The van der Waals surface area contributed by atoms with E-state index in [0.29, 0.717) is 36.7 Å². The van der Waals surface area contributed by atoms with Gasteiger partial charge in [-0.25, -0.2) is 18.0 Å². The van der Waals surface area contributed by atoms with Crippen molar-refractivity contribution in [3.05, 3.63) is 48.3 Å². The van der Waals surface area contributed by atoms with Crippen LogP contribution in [0.1, 0.15) is 88.9 Å². The lowest BCUT2D eigenvalue weighted by Gasteiger charge is -2.30. The highest BCUT2D eigenvalue weighted by atomic mass is 32.2. The van der Waals surface area contributed by atoms with Crippen molar-refractivity contribution in [1.82, 2.24) is 30.2 Å². The van der Waals surface area contributed by atoms with E-state index in [4.69, 9.17) is 9.47 Å². The zero-order valence-corrected chi connectivity index (χ0v) is 29.7. The maximum Gasteiger partial charge on any atom is 0.408 e. The number of nitrogens with one attached hydrogen (secondary N) is 3. The van der Waals surface area contributed by atoms with Gasteiger partial charge in [-0.3, -0.25) is 29.1 Å². The van der Waals surface area contributed by atoms with E-state index in [1.165, 1.54) is 23.4 Å². The Morgan fingerprint density at radius 2 is 1.76 bits per heavy atom. The number of alkyl carbamates (subject to hydrolysis) is 1. The fourth-order valence-corrected chi connectivity index (χ4v) is 7.97. The van der Waals surface area contributed by atoms with Crippen molar-refractivity contribution >= 4 is 50.8 Å². The first kappa shape index (κ1) is 36.2. The van der Waals surface area contributed by atoms with Gasteiger partial charge >= 0.3 is 12.1 Å². The molecule has 6 rings (SSSR count). The number of ether oxygens (including phenoxy) is 2. The molecule has 0 unspecified atom stereocenters. The number of allylic oxidation sites excluding steroid dienone is 1. The Bertz CT molecular complexity index is 1860. The molecule has 1 aromatic carbocycles. The molecule has 0 radical (unpaired) electrons. The summed E-state index contributed by atoms with van der Waals surface area (Å²) in [5.41, 5.74) is -1.10. The Hall–Kier alpha value is -4.60. The highest BCUT2D eigenvalue weighted by Crippen LogP contribution is 2.46. The number of nitrogens with zero attached hydrogens (tertiary/aromatic N) is 3. The summed E-state index contributed by atoms with van der Waals surface area (Å²) in [6.07, 6.45) is 9.06. The van der Waals surface area contributed by atoms with E-state index < -0.39 is 80.3 Å². The summed E-state index contributed by atoms with van der Waals surface area (Å²) in [4.78, 5) is 78.0. The number of aromatic nitrogens is 2. The Morgan fingerprint density at radius 3 is 2.49 bits per heavy atom. The number of sulfonamides is 1. The second-order valence-electron chi connectivity index (χ2n) is 14.7. The molecule has 16 heteroatoms. The van der Waals surface area contributed by atoms with E-state index in [9.17, 15) is 32.4 Å². The number of hydrogen-bond acceptors (Lipinski definition) is 11. The van der Waals surface area contributed by atoms with Crippen molar-refractivity contribution in [2.75, 3.05) is 6.54 Å². The topological polar surface area (TPSA) is 203 Å². The molecule has 2 aliphatic carbocycles. The van der Waals surface area contributed by atoms with Crippen LogP contribution in [0.15, 0.2) is 42.7 Å². The van der Waals surface area contributed by atoms with Crippen LogP contribution < -0.4 is 15.4 Å². The van der Waals surface area contributed by atoms with Gasteiger partial charge in [0.2, 0.25) is 21.8 Å². The summed E-state index contributed by atoms with van der Waals surface area (Å²) in [5.74, 6) is -3.26. The molecule has 15 nitrogen and oxygen atoms in total. The lowest BCUT2D eigenvalue weighted by atomic mass is 10.0. The average Bonchev–Trinajstić information content (AvgIpc) is 3.99. The first-order valence-electron chi connectivity index (χ1n) is 17.4. The lowest BCUT2D eigenvalue weighted by molar-refractivity contribution is -0.141. The molecule has 2 aromatic rings. The molecule has 3 fully saturated rings. The summed E-state index contributed by atoms with van der Waals surface area (Å²) in [6.45, 7) is 4.94. The van der Waals surface area contributed by atoms with E-state index in [2.05, 4.69) is 25.3 Å². The summed E-state index contributed by atoms with van der Waals surface area (Å²) in [6, 6.07) is 2.46. The number of carbonyl (C=O) groups excluding carboxylic acids is 5. The first-order valence-corrected chi connectivity index (χ1v) is 19.0. The van der Waals surface area contributed by atoms with Gasteiger partial charge in [0, 0.05) is 24.7 Å². The number of fused-ring (bicyclic) bond motifs is 3. The largest absolute Gasteiger partial charge is 0.457 e. The van der Waals surface area contributed by atoms with Gasteiger partial charge in [0.1, 0.15) is 29.3 Å². The van der Waals surface area contributed by atoms with Crippen LogP contribution in [0, 0.1) is 5.92 Å². The number of carbonyl (C=O) groups is 5. The Balaban J connectivity index is 1.27. The van der Waals surface area contributed by atoms with Gasteiger partial charge in [0.15, 0.2) is 0 Å². The van der Waals surface area contributed by atoms with Gasteiger partial charge in [0.25, 0.3) is 5.91 Å². The quantitative estimate of drug-likeness (QED) is 0.292. The van der Waals surface area contributed by atoms with E-state index >= 15 is 0 Å². The number of amides is 4. The van der Waals surface area contributed by atoms with E-state index in [-0.39, 0.29) is 31.4 Å². The highest BCUT2D eigenvalue weighted by molar-refractivity contribution is 7.91. The molecule has 4 aliphatic rings. The van der Waals surface area contributed by atoms with Gasteiger partial charge in [-0.05, 0) is 77.5 Å². The predicted molar refractivity (Wildman–Crippen MR) is 183 cm³/mol. The normalized spacial score (nSPS) is 27.2. The third-order valence-electron chi connectivity index (χ3n) is 9.51. The van der Waals surface area contributed by atoms with Crippen LogP contribution >= 0.6 is 0 Å². The van der Waals surface area contributed by atoms with Crippen LogP contribution in [0.4, 0.5) is 4.79 Å². The molecule has 5 atom stereocenters. The van der Waals surface area contributed by atoms with Crippen molar-refractivity contribution in [2.24, 2.45) is 5.92 Å². The number of benzene rings is 1. The maximum atomic E-state index is 14.3. The van der Waals surface area contributed by atoms with Crippen LogP contribution in [0.25, 0.3) is 11.0 Å². The number of hydrogen-bond donors (Lipinski definition) is 3. The Morgan fingerprint density at radius 1 is 1.02 bits per heavy atom. The van der Waals surface area contributed by atoms with Gasteiger partial charge in [0.05, 0.1) is 28.4 Å². The Labute approximate surface area is 296 Å². The summed E-state index contributed by atoms with van der Waals surface area (Å²) >= 11 is 0. The zero-order valence-electron chi connectivity index (χ0n) is 28.9. The molecule has 0 spiro atoms. The van der Waals surface area contributed by atoms with Gasteiger partial charge in [-0.1, -0.05) is 25.0 Å². The first-order chi connectivity index (χ1) is 24.1. The second-order valence-corrected chi connectivity index (χ2v) is 16.7. The summed E-state index contributed by atoms with van der Waals surface area (Å²) < 4.78 is 38.9. The maximum absolute atomic E-state index is 14.3. The van der Waals surface area contributed by atoms with Crippen LogP contribution in [-0.2, 0) is 33.9 Å². The zero-order chi connectivity index (χ0) is 36.6. The predicted octanol–water partition coefficient (Wildman–Crippen LogP) is 2.65. The molecule has 3 N–H and O–H groups in total. The number of esters is 1. The molecule has 4 amide bonds. The van der Waals surface area contributed by atoms with Crippen molar-refractivity contribution in [3.63, 3.8) is 0 Å². The molecule has 51 heavy (non-hydrogen) atoms. The molecular formula is C35H44N6O9S. The molecule has 0 bridgehead atoms. The van der Waals surface area contributed by atoms with Crippen molar-refractivity contribution in [2.45, 2.75) is 113 Å². The average molecular weight is 725 g/mol. The molecule has 1 aromatic heterocycles. The molecule has 3 heterocycles. The smallest absolute Gasteiger partial charge is 0.408 e. The molecule has 2 saturated carbocycles. The summed E-state index contributed by atoms with van der Waals surface area (Å²) in [5, 5.41) is 4.83. The summed E-state index contributed by atoms with van der Waals surface area (Å²) in [7, 11) is -3.91. The van der Waals surface area contributed by atoms with Crippen molar-refractivity contribution < 1.29 is 41.9 Å². The van der Waals surface area contributed by atoms with E-state index in [0.717, 1.165) is 12.8 Å². The van der Waals surface area contributed by atoms with Crippen LogP contribution in [0.5, 0.6) is 0 Å². The molecular weight excluding hydrogens is 680 g/mol. The molecule has 274 valence electrons. The minimum atomic E-state index is -3.91. The van der Waals surface area contributed by atoms with Gasteiger partial charge in [-0.2, -0.15) is 0 Å².